The third kappa shape index (κ3) is 0.709. The van der Waals surface area contributed by atoms with Gasteiger partial charge in [0.1, 0.15) is 0 Å². The number of hydrogen-bond acceptors (Lipinski definition) is 4. The van der Waals surface area contributed by atoms with Gasteiger partial charge in [-0.2, -0.15) is 0 Å². The van der Waals surface area contributed by atoms with Crippen LogP contribution < -0.4 is 0 Å². The van der Waals surface area contributed by atoms with E-state index in [9.17, 15) is 0 Å². The molecule has 0 N–H and O–H groups in total. The third-order valence-corrected chi connectivity index (χ3v) is 7.59. The van der Waals surface area contributed by atoms with E-state index in [0.717, 1.165) is 45.5 Å². The Kier molecular flexibility index (Phi) is 1.40. The first-order valence-electron chi connectivity index (χ1n) is 4.56. The Morgan fingerprint density at radius 1 is 0.917 bits per heavy atom. The van der Waals surface area contributed by atoms with E-state index >= 15 is 0 Å². The molecule has 3 aliphatic rings. The molecular formula is C7H14NO3P. The van der Waals surface area contributed by atoms with Crippen LogP contribution in [0.25, 0.3) is 0 Å². The molecular weight excluding hydrogens is 177 g/mol. The number of nitrogens with zero attached hydrogens (tertiary/aromatic N) is 1. The molecule has 3 saturated heterocycles. The van der Waals surface area contributed by atoms with Crippen LogP contribution in [-0.2, 0) is 13.6 Å². The summed E-state index contributed by atoms with van der Waals surface area (Å²) < 4.78 is 19.8. The van der Waals surface area contributed by atoms with Crippen molar-refractivity contribution in [2.24, 2.45) is 0 Å². The molecule has 1 spiro atoms. The van der Waals surface area contributed by atoms with Crippen molar-refractivity contribution in [1.82, 2.24) is 4.67 Å². The van der Waals surface area contributed by atoms with E-state index in [1.807, 2.05) is 0 Å². The van der Waals surface area contributed by atoms with Gasteiger partial charge in [-0.25, -0.2) is 0 Å². The summed E-state index contributed by atoms with van der Waals surface area (Å²) in [4.78, 5) is 0. The fraction of sp³-hybridized carbons (Fsp3) is 1.00. The van der Waals surface area contributed by atoms with Gasteiger partial charge in [-0.1, -0.05) is 0 Å². The first-order chi connectivity index (χ1) is 5.84. The van der Waals surface area contributed by atoms with E-state index in [0.29, 0.717) is 0 Å². The van der Waals surface area contributed by atoms with Crippen LogP contribution in [0.15, 0.2) is 0 Å². The molecule has 0 aromatic heterocycles. The minimum absolute atomic E-state index is 0.790. The van der Waals surface area contributed by atoms with Crippen LogP contribution in [0, 0.1) is 0 Å². The molecule has 0 atom stereocenters. The van der Waals surface area contributed by atoms with Crippen molar-refractivity contribution in [1.29, 1.82) is 0 Å². The summed E-state index contributed by atoms with van der Waals surface area (Å²) in [5, 5.41) is 0. The van der Waals surface area contributed by atoms with Gasteiger partial charge in [0.15, 0.2) is 0 Å². The summed E-state index contributed by atoms with van der Waals surface area (Å²) in [6.45, 7) is 4.39. The summed E-state index contributed by atoms with van der Waals surface area (Å²) in [6.07, 6.45) is 2.08. The predicted molar refractivity (Wildman–Crippen MR) is 45.8 cm³/mol. The van der Waals surface area contributed by atoms with Gasteiger partial charge < -0.3 is 0 Å². The summed E-state index contributed by atoms with van der Waals surface area (Å²) in [6, 6.07) is 0. The number of hydrogen-bond donors (Lipinski definition) is 0. The second-order valence-corrected chi connectivity index (χ2v) is 7.31. The molecule has 4 nitrogen and oxygen atoms in total. The zero-order valence-corrected chi connectivity index (χ0v) is 7.96. The maximum atomic E-state index is 5.82. The molecule has 3 rings (SSSR count). The molecule has 0 bridgehead atoms. The molecule has 70 valence electrons. The average molecular weight is 191 g/mol. The molecule has 0 radical (unpaired) electrons. The second kappa shape index (κ2) is 2.20. The second-order valence-electron chi connectivity index (χ2n) is 3.53. The fourth-order valence-electron chi connectivity index (χ4n) is 2.42. The molecule has 3 fully saturated rings. The maximum absolute atomic E-state index is 5.82. The van der Waals surface area contributed by atoms with Gasteiger partial charge in [0, 0.05) is 0 Å². The van der Waals surface area contributed by atoms with Crippen LogP contribution in [-0.4, -0.2) is 43.7 Å². The molecule has 0 aromatic rings. The van der Waals surface area contributed by atoms with Gasteiger partial charge >= 0.3 is 71.2 Å². The summed E-state index contributed by atoms with van der Waals surface area (Å²) in [7, 11) is -2.62. The van der Waals surface area contributed by atoms with Crippen LogP contribution in [0.1, 0.15) is 6.42 Å². The van der Waals surface area contributed by atoms with E-state index in [1.165, 1.54) is 0 Å². The molecule has 0 unspecified atom stereocenters. The van der Waals surface area contributed by atoms with E-state index in [4.69, 9.17) is 13.6 Å². The molecule has 3 heterocycles. The standard InChI is InChI=1S/C7H14NO3P/c1-4-9-12(7-1)8(2-5-10-12)3-6-11-12/h1-7H2. The zero-order valence-electron chi connectivity index (χ0n) is 7.07. The fourth-order valence-corrected chi connectivity index (χ4v) is 6.76. The van der Waals surface area contributed by atoms with Crippen LogP contribution in [0.5, 0.6) is 0 Å². The Hall–Kier alpha value is 0.270. The third-order valence-electron chi connectivity index (χ3n) is 2.96. The van der Waals surface area contributed by atoms with Crippen molar-refractivity contribution in [2.75, 3.05) is 39.1 Å². The van der Waals surface area contributed by atoms with Gasteiger partial charge in [-0.05, 0) is 0 Å². The van der Waals surface area contributed by atoms with Crippen LogP contribution in [0.4, 0.5) is 0 Å². The molecule has 0 saturated carbocycles. The topological polar surface area (TPSA) is 30.9 Å². The quantitative estimate of drug-likeness (QED) is 0.534. The van der Waals surface area contributed by atoms with Crippen LogP contribution in [0.3, 0.4) is 0 Å². The Balaban J connectivity index is 2.04. The van der Waals surface area contributed by atoms with Crippen molar-refractivity contribution >= 4 is 7.43 Å². The van der Waals surface area contributed by atoms with Gasteiger partial charge in [0.25, 0.3) is 0 Å². The van der Waals surface area contributed by atoms with Gasteiger partial charge in [0.2, 0.25) is 0 Å². The first-order valence-corrected chi connectivity index (χ1v) is 6.69. The molecule has 3 aliphatic heterocycles. The normalized spacial score (nSPS) is 41.2. The van der Waals surface area contributed by atoms with Crippen LogP contribution >= 0.6 is 7.43 Å². The van der Waals surface area contributed by atoms with Crippen molar-refractivity contribution in [3.8, 4) is 0 Å². The number of rotatable bonds is 0. The summed E-state index contributed by atoms with van der Waals surface area (Å²) in [5.41, 5.74) is 0. The van der Waals surface area contributed by atoms with Crippen molar-refractivity contribution in [3.05, 3.63) is 0 Å². The van der Waals surface area contributed by atoms with Crippen molar-refractivity contribution in [3.63, 3.8) is 0 Å². The van der Waals surface area contributed by atoms with Crippen molar-refractivity contribution < 1.29 is 13.6 Å². The molecule has 0 aliphatic carbocycles. The zero-order chi connectivity index (χ0) is 8.10. The molecule has 0 amide bonds. The Morgan fingerprint density at radius 2 is 1.58 bits per heavy atom. The molecule has 0 aromatic carbocycles. The Bertz CT molecular complexity index is 191. The van der Waals surface area contributed by atoms with Gasteiger partial charge in [0.05, 0.1) is 0 Å². The first kappa shape index (κ1) is 7.65. The summed E-state index contributed by atoms with van der Waals surface area (Å²) in [5.74, 6) is 0. The van der Waals surface area contributed by atoms with Gasteiger partial charge in [-0.15, -0.1) is 0 Å². The Morgan fingerprint density at radius 3 is 2.17 bits per heavy atom. The Labute approximate surface area is 72.0 Å². The van der Waals surface area contributed by atoms with Crippen LogP contribution in [0.2, 0.25) is 0 Å². The monoisotopic (exact) mass is 191 g/mol. The average Bonchev–Trinajstić information content (AvgIpc) is 2.67. The SMILES string of the molecule is C1COP23(C1)OCCN2CCO3. The minimum atomic E-state index is -2.62. The van der Waals surface area contributed by atoms with E-state index in [1.54, 1.807) is 0 Å². The van der Waals surface area contributed by atoms with E-state index < -0.39 is 7.43 Å². The van der Waals surface area contributed by atoms with E-state index in [-0.39, 0.29) is 0 Å². The van der Waals surface area contributed by atoms with Gasteiger partial charge in [-0.3, -0.25) is 0 Å². The predicted octanol–water partition coefficient (Wildman–Crippen LogP) is 0.982. The van der Waals surface area contributed by atoms with E-state index in [2.05, 4.69) is 4.67 Å². The van der Waals surface area contributed by atoms with Crippen molar-refractivity contribution in [2.45, 2.75) is 6.42 Å². The summed E-state index contributed by atoms with van der Waals surface area (Å²) >= 11 is 0. The molecule has 12 heavy (non-hydrogen) atoms. The molecule has 5 heteroatoms.